The minimum atomic E-state index is -1.86. The summed E-state index contributed by atoms with van der Waals surface area (Å²) in [6.45, 7) is 0. The predicted molar refractivity (Wildman–Crippen MR) is 94.5 cm³/mol. The first-order chi connectivity index (χ1) is 12.6. The Hall–Kier alpha value is -3.15. The van der Waals surface area contributed by atoms with Gasteiger partial charge in [-0.15, -0.1) is 0 Å². The van der Waals surface area contributed by atoms with Gasteiger partial charge in [0.25, 0.3) is 0 Å². The van der Waals surface area contributed by atoms with Gasteiger partial charge in [-0.2, -0.15) is 0 Å². The molecule has 0 aliphatic carbocycles. The van der Waals surface area contributed by atoms with Gasteiger partial charge in [0.05, 0.1) is 20.6 Å². The highest BCUT2D eigenvalue weighted by atomic mass is 16.5. The van der Waals surface area contributed by atoms with Crippen molar-refractivity contribution < 1.29 is 23.9 Å². The molecule has 6 heteroatoms. The lowest BCUT2D eigenvalue weighted by Gasteiger charge is -2.37. The van der Waals surface area contributed by atoms with Gasteiger partial charge in [-0.25, -0.2) is 9.59 Å². The fourth-order valence-electron chi connectivity index (χ4n) is 3.49. The van der Waals surface area contributed by atoms with E-state index in [1.54, 1.807) is 36.4 Å². The van der Waals surface area contributed by atoms with Gasteiger partial charge in [0.2, 0.25) is 5.54 Å². The van der Waals surface area contributed by atoms with Crippen molar-refractivity contribution in [3.63, 3.8) is 0 Å². The molecule has 134 valence electrons. The molecule has 0 saturated carbocycles. The number of hydrogen-bond acceptors (Lipinski definition) is 6. The Kier molecular flexibility index (Phi) is 4.75. The molecule has 1 fully saturated rings. The number of para-hydroxylation sites is 1. The summed E-state index contributed by atoms with van der Waals surface area (Å²) in [4.78, 5) is 39.9. The lowest BCUT2D eigenvalue weighted by Crippen LogP contribution is -2.58. The number of nitrogens with zero attached hydrogens (tertiary/aromatic N) is 1. The molecule has 6 nitrogen and oxygen atoms in total. The third kappa shape index (κ3) is 2.63. The van der Waals surface area contributed by atoms with Gasteiger partial charge in [0, 0.05) is 5.69 Å². The zero-order valence-electron chi connectivity index (χ0n) is 14.5. The molecule has 0 bridgehead atoms. The van der Waals surface area contributed by atoms with Crippen LogP contribution in [0.1, 0.15) is 18.0 Å². The number of carbonyl (C=O) groups excluding carboxylic acids is 3. The van der Waals surface area contributed by atoms with Gasteiger partial charge in [-0.3, -0.25) is 4.79 Å². The number of carbonyl (C=O) groups is 3. The Labute approximate surface area is 151 Å². The maximum atomic E-state index is 13.0. The number of ketones is 1. The van der Waals surface area contributed by atoms with Gasteiger partial charge in [-0.05, 0) is 17.7 Å². The summed E-state index contributed by atoms with van der Waals surface area (Å²) in [5.74, 6) is -1.89. The Bertz CT molecular complexity index is 803. The molecule has 1 heterocycles. The van der Waals surface area contributed by atoms with Crippen molar-refractivity contribution in [3.8, 4) is 0 Å². The zero-order valence-corrected chi connectivity index (χ0v) is 14.5. The van der Waals surface area contributed by atoms with Crippen molar-refractivity contribution in [2.75, 3.05) is 19.1 Å². The lowest BCUT2D eigenvalue weighted by molar-refractivity contribution is -0.161. The zero-order chi connectivity index (χ0) is 18.7. The van der Waals surface area contributed by atoms with Crippen LogP contribution >= 0.6 is 0 Å². The van der Waals surface area contributed by atoms with Crippen molar-refractivity contribution in [1.82, 2.24) is 0 Å². The van der Waals surface area contributed by atoms with E-state index < -0.39 is 23.5 Å². The maximum absolute atomic E-state index is 13.0. The monoisotopic (exact) mass is 353 g/mol. The van der Waals surface area contributed by atoms with Crippen molar-refractivity contribution in [2.24, 2.45) is 0 Å². The average molecular weight is 353 g/mol. The summed E-state index contributed by atoms with van der Waals surface area (Å²) < 4.78 is 9.82. The molecule has 1 aliphatic heterocycles. The largest absolute Gasteiger partial charge is 0.467 e. The van der Waals surface area contributed by atoms with Crippen molar-refractivity contribution in [3.05, 3.63) is 66.2 Å². The first kappa shape index (κ1) is 17.7. The molecular formula is C20H19NO5. The number of esters is 2. The van der Waals surface area contributed by atoms with Crippen LogP contribution < -0.4 is 4.90 Å². The van der Waals surface area contributed by atoms with Crippen LogP contribution in [0, 0.1) is 0 Å². The van der Waals surface area contributed by atoms with Crippen LogP contribution in [0.3, 0.4) is 0 Å². The molecule has 2 aromatic rings. The standard InChI is InChI=1S/C20H19NO5/c1-25-18(23)20(19(24)26-2)13-16(22)17(14-9-5-3-6-10-14)21(20)15-11-7-4-8-12-15/h3-12,17H,13H2,1-2H3. The van der Waals surface area contributed by atoms with E-state index in [0.717, 1.165) is 0 Å². The molecule has 3 rings (SSSR count). The van der Waals surface area contributed by atoms with Crippen LogP contribution in [-0.4, -0.2) is 37.5 Å². The minimum Gasteiger partial charge on any atom is -0.467 e. The second kappa shape index (κ2) is 7.00. The molecule has 1 aliphatic rings. The Balaban J connectivity index is 2.25. The van der Waals surface area contributed by atoms with Crippen LogP contribution in [0.2, 0.25) is 0 Å². The Morgan fingerprint density at radius 2 is 1.42 bits per heavy atom. The van der Waals surface area contributed by atoms with Gasteiger partial charge >= 0.3 is 11.9 Å². The number of methoxy groups -OCH3 is 2. The number of benzene rings is 2. The highest BCUT2D eigenvalue weighted by Crippen LogP contribution is 2.45. The van der Waals surface area contributed by atoms with E-state index in [-0.39, 0.29) is 12.2 Å². The van der Waals surface area contributed by atoms with Crippen LogP contribution in [0.5, 0.6) is 0 Å². The van der Waals surface area contributed by atoms with Gasteiger partial charge in [0.15, 0.2) is 5.78 Å². The average Bonchev–Trinajstić information content (AvgIpc) is 3.02. The van der Waals surface area contributed by atoms with E-state index in [4.69, 9.17) is 9.47 Å². The van der Waals surface area contributed by atoms with Crippen molar-refractivity contribution >= 4 is 23.4 Å². The normalized spacial score (nSPS) is 18.5. The van der Waals surface area contributed by atoms with Crippen molar-refractivity contribution in [1.29, 1.82) is 0 Å². The molecule has 26 heavy (non-hydrogen) atoms. The summed E-state index contributed by atoms with van der Waals surface area (Å²) in [5.41, 5.74) is -0.610. The topological polar surface area (TPSA) is 72.9 Å². The Morgan fingerprint density at radius 1 is 0.923 bits per heavy atom. The fourth-order valence-corrected chi connectivity index (χ4v) is 3.49. The van der Waals surface area contributed by atoms with E-state index in [1.807, 2.05) is 24.3 Å². The maximum Gasteiger partial charge on any atom is 0.344 e. The van der Waals surface area contributed by atoms with Gasteiger partial charge < -0.3 is 14.4 Å². The number of anilines is 1. The number of ether oxygens (including phenoxy) is 2. The Morgan fingerprint density at radius 3 is 1.92 bits per heavy atom. The highest BCUT2D eigenvalue weighted by Gasteiger charge is 2.63. The van der Waals surface area contributed by atoms with Crippen molar-refractivity contribution in [2.45, 2.75) is 18.0 Å². The lowest BCUT2D eigenvalue weighted by atomic mass is 9.95. The first-order valence-corrected chi connectivity index (χ1v) is 8.15. The molecule has 1 unspecified atom stereocenters. The highest BCUT2D eigenvalue weighted by molar-refractivity contribution is 6.16. The van der Waals surface area contributed by atoms with Gasteiger partial charge in [0.1, 0.15) is 6.04 Å². The fraction of sp³-hybridized carbons (Fsp3) is 0.250. The molecular weight excluding hydrogens is 334 g/mol. The van der Waals surface area contributed by atoms with E-state index in [1.165, 1.54) is 19.1 Å². The number of Topliss-reactive ketones (excluding diaryl/α,β-unsaturated/α-hetero) is 1. The summed E-state index contributed by atoms with van der Waals surface area (Å²) >= 11 is 0. The third-order valence-corrected chi connectivity index (χ3v) is 4.60. The second-order valence-electron chi connectivity index (χ2n) is 6.01. The third-order valence-electron chi connectivity index (χ3n) is 4.60. The smallest absolute Gasteiger partial charge is 0.344 e. The molecule has 2 aromatic carbocycles. The molecule has 1 atom stereocenters. The van der Waals surface area contributed by atoms with Crippen LogP contribution in [-0.2, 0) is 23.9 Å². The van der Waals surface area contributed by atoms with E-state index in [2.05, 4.69) is 0 Å². The van der Waals surface area contributed by atoms with Gasteiger partial charge in [-0.1, -0.05) is 48.5 Å². The minimum absolute atomic E-state index is 0.254. The van der Waals surface area contributed by atoms with E-state index in [0.29, 0.717) is 11.3 Å². The molecule has 0 aromatic heterocycles. The summed E-state index contributed by atoms with van der Waals surface area (Å²) in [6.07, 6.45) is -0.319. The first-order valence-electron chi connectivity index (χ1n) is 8.15. The SMILES string of the molecule is COC(=O)C1(C(=O)OC)CC(=O)C(c2ccccc2)N1c1ccccc1. The molecule has 0 N–H and O–H groups in total. The van der Waals surface area contributed by atoms with Crippen LogP contribution in [0.15, 0.2) is 60.7 Å². The molecule has 0 spiro atoms. The van der Waals surface area contributed by atoms with E-state index in [9.17, 15) is 14.4 Å². The summed E-state index contributed by atoms with van der Waals surface area (Å²) in [6, 6.07) is 17.1. The quantitative estimate of drug-likeness (QED) is 0.620. The van der Waals surface area contributed by atoms with Crippen LogP contribution in [0.25, 0.3) is 0 Å². The molecule has 1 saturated heterocycles. The summed E-state index contributed by atoms with van der Waals surface area (Å²) in [5, 5.41) is 0. The summed E-state index contributed by atoms with van der Waals surface area (Å²) in [7, 11) is 2.38. The number of rotatable bonds is 4. The van der Waals surface area contributed by atoms with E-state index >= 15 is 0 Å². The number of hydrogen-bond donors (Lipinski definition) is 0. The van der Waals surface area contributed by atoms with Crippen LogP contribution in [0.4, 0.5) is 5.69 Å². The molecule has 0 radical (unpaired) electrons. The predicted octanol–water partition coefficient (Wildman–Crippen LogP) is 2.29. The molecule has 0 amide bonds. The second-order valence-corrected chi connectivity index (χ2v) is 6.01.